The van der Waals surface area contributed by atoms with Gasteiger partial charge in [0.2, 0.25) is 5.78 Å². The van der Waals surface area contributed by atoms with Gasteiger partial charge in [0, 0.05) is 12.0 Å². The number of carbonyl (C=O) groups is 2. The summed E-state index contributed by atoms with van der Waals surface area (Å²) in [5.74, 6) is 1.12. The van der Waals surface area contributed by atoms with Crippen molar-refractivity contribution in [1.82, 2.24) is 0 Å². The van der Waals surface area contributed by atoms with Crippen molar-refractivity contribution in [2.45, 2.75) is 90.6 Å². The molecule has 1 fully saturated rings. The standard InChI is InChI=1S/C23H34O3/c1-4-6-8-22(24)26-17(3)23(25)21-15-13-20(14-16-21)19-11-9-18(7-5-2)10-12-19/h13-19H,4-12H2,1-3H3. The first-order chi connectivity index (χ1) is 12.5. The maximum absolute atomic E-state index is 12.5. The third-order valence-corrected chi connectivity index (χ3v) is 5.62. The fraction of sp³-hybridized carbons (Fsp3) is 0.652. The Morgan fingerprint density at radius 2 is 1.69 bits per heavy atom. The van der Waals surface area contributed by atoms with Gasteiger partial charge in [-0.05, 0) is 56.4 Å². The zero-order valence-corrected chi connectivity index (χ0v) is 16.6. The second kappa shape index (κ2) is 10.5. The summed E-state index contributed by atoms with van der Waals surface area (Å²) >= 11 is 0. The smallest absolute Gasteiger partial charge is 0.306 e. The molecule has 1 saturated carbocycles. The van der Waals surface area contributed by atoms with Crippen LogP contribution in [0.2, 0.25) is 0 Å². The first kappa shape index (κ1) is 20.7. The van der Waals surface area contributed by atoms with Crippen molar-refractivity contribution in [3.8, 4) is 0 Å². The molecule has 1 aliphatic rings. The molecule has 1 atom stereocenters. The minimum atomic E-state index is -0.713. The molecule has 0 bridgehead atoms. The first-order valence-corrected chi connectivity index (χ1v) is 10.4. The molecular formula is C23H34O3. The molecule has 0 radical (unpaired) electrons. The monoisotopic (exact) mass is 358 g/mol. The predicted octanol–water partition coefficient (Wildman–Crippen LogP) is 6.07. The number of hydrogen-bond acceptors (Lipinski definition) is 3. The fourth-order valence-electron chi connectivity index (χ4n) is 3.98. The van der Waals surface area contributed by atoms with Gasteiger partial charge in [0.15, 0.2) is 6.10 Å². The van der Waals surface area contributed by atoms with E-state index in [0.717, 1.165) is 18.8 Å². The maximum Gasteiger partial charge on any atom is 0.306 e. The van der Waals surface area contributed by atoms with E-state index in [4.69, 9.17) is 4.74 Å². The summed E-state index contributed by atoms with van der Waals surface area (Å²) < 4.78 is 5.26. The van der Waals surface area contributed by atoms with Crippen LogP contribution in [0.25, 0.3) is 0 Å². The van der Waals surface area contributed by atoms with Crippen LogP contribution in [0.1, 0.15) is 100 Å². The Bertz CT molecular complexity index is 568. The zero-order valence-electron chi connectivity index (χ0n) is 16.6. The summed E-state index contributed by atoms with van der Waals surface area (Å²) in [5.41, 5.74) is 1.97. The largest absolute Gasteiger partial charge is 0.454 e. The summed E-state index contributed by atoms with van der Waals surface area (Å²) in [4.78, 5) is 24.2. The molecule has 0 aliphatic heterocycles. The highest BCUT2D eigenvalue weighted by Gasteiger charge is 2.23. The highest BCUT2D eigenvalue weighted by atomic mass is 16.5. The Hall–Kier alpha value is -1.64. The molecule has 0 saturated heterocycles. The number of benzene rings is 1. The number of ether oxygens (including phenoxy) is 1. The van der Waals surface area contributed by atoms with Gasteiger partial charge in [-0.3, -0.25) is 9.59 Å². The molecule has 144 valence electrons. The van der Waals surface area contributed by atoms with Crippen LogP contribution in [0.4, 0.5) is 0 Å². The van der Waals surface area contributed by atoms with Crippen molar-refractivity contribution in [1.29, 1.82) is 0 Å². The van der Waals surface area contributed by atoms with Gasteiger partial charge < -0.3 is 4.74 Å². The van der Waals surface area contributed by atoms with Gasteiger partial charge in [-0.15, -0.1) is 0 Å². The number of carbonyl (C=O) groups excluding carboxylic acids is 2. The third-order valence-electron chi connectivity index (χ3n) is 5.62. The van der Waals surface area contributed by atoms with E-state index >= 15 is 0 Å². The Kier molecular flexibility index (Phi) is 8.34. The number of esters is 1. The van der Waals surface area contributed by atoms with Gasteiger partial charge in [-0.2, -0.15) is 0 Å². The topological polar surface area (TPSA) is 43.4 Å². The van der Waals surface area contributed by atoms with Crippen molar-refractivity contribution in [3.05, 3.63) is 35.4 Å². The second-order valence-electron chi connectivity index (χ2n) is 7.73. The Balaban J connectivity index is 1.88. The molecule has 1 aliphatic carbocycles. The SMILES string of the molecule is CCCCC(=O)OC(C)C(=O)c1ccc(C2CCC(CCC)CC2)cc1. The van der Waals surface area contributed by atoms with Crippen LogP contribution in [0.5, 0.6) is 0 Å². The van der Waals surface area contributed by atoms with Gasteiger partial charge in [-0.25, -0.2) is 0 Å². The van der Waals surface area contributed by atoms with E-state index in [0.29, 0.717) is 17.9 Å². The summed E-state index contributed by atoms with van der Waals surface area (Å²) in [6, 6.07) is 7.96. The molecule has 0 heterocycles. The van der Waals surface area contributed by atoms with E-state index in [2.05, 4.69) is 19.1 Å². The molecular weight excluding hydrogens is 324 g/mol. The lowest BCUT2D eigenvalue weighted by Crippen LogP contribution is -2.24. The van der Waals surface area contributed by atoms with Crippen LogP contribution in [0.15, 0.2) is 24.3 Å². The Labute approximate surface area is 158 Å². The van der Waals surface area contributed by atoms with E-state index in [1.165, 1.54) is 44.1 Å². The number of rotatable bonds is 9. The van der Waals surface area contributed by atoms with Crippen molar-refractivity contribution >= 4 is 11.8 Å². The molecule has 0 amide bonds. The Morgan fingerprint density at radius 1 is 1.04 bits per heavy atom. The maximum atomic E-state index is 12.5. The molecule has 26 heavy (non-hydrogen) atoms. The second-order valence-corrected chi connectivity index (χ2v) is 7.73. The molecule has 3 heteroatoms. The van der Waals surface area contributed by atoms with Crippen molar-refractivity contribution in [2.24, 2.45) is 5.92 Å². The van der Waals surface area contributed by atoms with Crippen molar-refractivity contribution < 1.29 is 14.3 Å². The van der Waals surface area contributed by atoms with E-state index in [9.17, 15) is 9.59 Å². The highest BCUT2D eigenvalue weighted by Crippen LogP contribution is 2.37. The molecule has 0 N–H and O–H groups in total. The summed E-state index contributed by atoms with van der Waals surface area (Å²) in [6.07, 6.45) is 9.21. The average molecular weight is 359 g/mol. The summed E-state index contributed by atoms with van der Waals surface area (Å²) in [7, 11) is 0. The summed E-state index contributed by atoms with van der Waals surface area (Å²) in [6.45, 7) is 5.96. The van der Waals surface area contributed by atoms with Crippen LogP contribution < -0.4 is 0 Å². The van der Waals surface area contributed by atoms with Gasteiger partial charge in [0.1, 0.15) is 0 Å². The van der Waals surface area contributed by atoms with Gasteiger partial charge in [0.25, 0.3) is 0 Å². The Morgan fingerprint density at radius 3 is 2.27 bits per heavy atom. The molecule has 0 spiro atoms. The van der Waals surface area contributed by atoms with Gasteiger partial charge in [0.05, 0.1) is 0 Å². The number of Topliss-reactive ketones (excluding diaryl/α,β-unsaturated/α-hetero) is 1. The minimum Gasteiger partial charge on any atom is -0.454 e. The number of hydrogen-bond donors (Lipinski definition) is 0. The molecule has 1 aromatic rings. The number of unbranched alkanes of at least 4 members (excludes halogenated alkanes) is 1. The lowest BCUT2D eigenvalue weighted by Gasteiger charge is -2.28. The molecule has 0 aromatic heterocycles. The van der Waals surface area contributed by atoms with E-state index in [1.807, 2.05) is 19.1 Å². The number of ketones is 1. The van der Waals surface area contributed by atoms with Crippen LogP contribution in [0, 0.1) is 5.92 Å². The van der Waals surface area contributed by atoms with Crippen LogP contribution in [-0.4, -0.2) is 17.9 Å². The van der Waals surface area contributed by atoms with Crippen molar-refractivity contribution in [2.75, 3.05) is 0 Å². The normalized spacial score (nSPS) is 21.2. The van der Waals surface area contributed by atoms with Crippen LogP contribution in [0.3, 0.4) is 0 Å². The predicted molar refractivity (Wildman–Crippen MR) is 105 cm³/mol. The van der Waals surface area contributed by atoms with Crippen LogP contribution in [-0.2, 0) is 9.53 Å². The minimum absolute atomic E-state index is 0.118. The fourth-order valence-corrected chi connectivity index (χ4v) is 3.98. The van der Waals surface area contributed by atoms with Gasteiger partial charge >= 0.3 is 5.97 Å². The lowest BCUT2D eigenvalue weighted by atomic mass is 9.77. The van der Waals surface area contributed by atoms with E-state index < -0.39 is 6.10 Å². The molecule has 2 rings (SSSR count). The zero-order chi connectivity index (χ0) is 18.9. The van der Waals surface area contributed by atoms with Crippen LogP contribution >= 0.6 is 0 Å². The molecule has 1 unspecified atom stereocenters. The summed E-state index contributed by atoms with van der Waals surface area (Å²) in [5, 5.41) is 0. The van der Waals surface area contributed by atoms with E-state index in [1.54, 1.807) is 6.92 Å². The highest BCUT2D eigenvalue weighted by molar-refractivity contribution is 6.00. The van der Waals surface area contributed by atoms with Gasteiger partial charge in [-0.1, -0.05) is 57.4 Å². The third kappa shape index (κ3) is 5.96. The molecule has 1 aromatic carbocycles. The van der Waals surface area contributed by atoms with E-state index in [-0.39, 0.29) is 11.8 Å². The average Bonchev–Trinajstić information content (AvgIpc) is 2.66. The molecule has 3 nitrogen and oxygen atoms in total. The first-order valence-electron chi connectivity index (χ1n) is 10.4. The lowest BCUT2D eigenvalue weighted by molar-refractivity contribution is -0.146. The van der Waals surface area contributed by atoms with Crippen molar-refractivity contribution in [3.63, 3.8) is 0 Å². The quantitative estimate of drug-likeness (QED) is 0.398.